The quantitative estimate of drug-likeness (QED) is 0.899. The molecule has 0 saturated carbocycles. The van der Waals surface area contributed by atoms with Crippen LogP contribution in [0.4, 0.5) is 5.69 Å². The second-order valence-electron chi connectivity index (χ2n) is 4.82. The summed E-state index contributed by atoms with van der Waals surface area (Å²) in [4.78, 5) is 2.45. The van der Waals surface area contributed by atoms with Crippen molar-refractivity contribution in [3.8, 4) is 0 Å². The molecule has 2 nitrogen and oxygen atoms in total. The molecule has 0 amide bonds. The Kier molecular flexibility index (Phi) is 4.46. The van der Waals surface area contributed by atoms with E-state index >= 15 is 0 Å². The van der Waals surface area contributed by atoms with Crippen LogP contribution in [-0.4, -0.2) is 17.7 Å². The van der Waals surface area contributed by atoms with Crippen LogP contribution in [0.25, 0.3) is 0 Å². The molecule has 1 aliphatic rings. The predicted molar refractivity (Wildman–Crippen MR) is 75.3 cm³/mol. The van der Waals surface area contributed by atoms with Gasteiger partial charge in [-0.3, -0.25) is 0 Å². The fourth-order valence-electron chi connectivity index (χ4n) is 2.59. The van der Waals surface area contributed by atoms with Crippen LogP contribution in [0.1, 0.15) is 38.2 Å². The van der Waals surface area contributed by atoms with Gasteiger partial charge in [-0.15, -0.1) is 0 Å². The summed E-state index contributed by atoms with van der Waals surface area (Å²) in [5, 5.41) is 9.48. The molecule has 1 aromatic rings. The van der Waals surface area contributed by atoms with E-state index in [0.29, 0.717) is 6.04 Å². The van der Waals surface area contributed by atoms with E-state index in [1.165, 1.54) is 31.4 Å². The summed E-state index contributed by atoms with van der Waals surface area (Å²) in [6.07, 6.45) is 5.15. The number of nitrogens with zero attached hydrogens (tertiary/aromatic N) is 1. The molecule has 17 heavy (non-hydrogen) atoms. The zero-order valence-electron chi connectivity index (χ0n) is 10.3. The summed E-state index contributed by atoms with van der Waals surface area (Å²) in [7, 11) is 0. The molecule has 0 aliphatic carbocycles. The molecule has 1 unspecified atom stereocenters. The number of rotatable bonds is 2. The Balaban J connectivity index is 2.30. The van der Waals surface area contributed by atoms with Crippen molar-refractivity contribution in [1.29, 1.82) is 0 Å². The van der Waals surface area contributed by atoms with E-state index in [-0.39, 0.29) is 6.61 Å². The van der Waals surface area contributed by atoms with Gasteiger partial charge < -0.3 is 10.0 Å². The van der Waals surface area contributed by atoms with E-state index < -0.39 is 0 Å². The molecule has 1 N–H and O–H groups in total. The van der Waals surface area contributed by atoms with Crippen LogP contribution in [0.15, 0.2) is 22.7 Å². The predicted octanol–water partition coefficient (Wildman–Crippen LogP) is 3.71. The first-order valence-electron chi connectivity index (χ1n) is 6.38. The van der Waals surface area contributed by atoms with Gasteiger partial charge in [-0.2, -0.15) is 0 Å². The number of hydrogen-bond donors (Lipinski definition) is 1. The van der Waals surface area contributed by atoms with Crippen molar-refractivity contribution in [3.05, 3.63) is 28.2 Å². The van der Waals surface area contributed by atoms with Crippen LogP contribution in [0, 0.1) is 0 Å². The van der Waals surface area contributed by atoms with Gasteiger partial charge in [0.1, 0.15) is 0 Å². The first kappa shape index (κ1) is 12.9. The highest BCUT2D eigenvalue weighted by Crippen LogP contribution is 2.29. The Morgan fingerprint density at radius 2 is 2.18 bits per heavy atom. The smallest absolute Gasteiger partial charge is 0.0702 e. The molecule has 1 aliphatic heterocycles. The number of hydrogen-bond acceptors (Lipinski definition) is 2. The zero-order chi connectivity index (χ0) is 12.3. The maximum Gasteiger partial charge on any atom is 0.0702 e. The first-order valence-corrected chi connectivity index (χ1v) is 7.17. The molecular weight excluding hydrogens is 278 g/mol. The highest BCUT2D eigenvalue weighted by Gasteiger charge is 2.19. The average molecular weight is 298 g/mol. The van der Waals surface area contributed by atoms with Gasteiger partial charge in [-0.05, 0) is 38.0 Å². The number of halogens is 1. The average Bonchev–Trinajstić information content (AvgIpc) is 2.54. The molecule has 1 saturated heterocycles. The van der Waals surface area contributed by atoms with Crippen LogP contribution in [0.5, 0.6) is 0 Å². The second-order valence-corrected chi connectivity index (χ2v) is 5.74. The van der Waals surface area contributed by atoms with E-state index in [4.69, 9.17) is 0 Å². The van der Waals surface area contributed by atoms with Crippen molar-refractivity contribution < 1.29 is 5.11 Å². The lowest BCUT2D eigenvalue weighted by Gasteiger charge is -2.31. The molecule has 1 aromatic carbocycles. The van der Waals surface area contributed by atoms with Crippen molar-refractivity contribution in [2.24, 2.45) is 0 Å². The summed E-state index contributed by atoms with van der Waals surface area (Å²) < 4.78 is 1.03. The Morgan fingerprint density at radius 1 is 1.35 bits per heavy atom. The molecule has 0 spiro atoms. The number of aliphatic hydroxyl groups excluding tert-OH is 1. The van der Waals surface area contributed by atoms with Crippen molar-refractivity contribution >= 4 is 21.6 Å². The van der Waals surface area contributed by atoms with Crippen molar-refractivity contribution in [1.82, 2.24) is 0 Å². The van der Waals surface area contributed by atoms with Crippen molar-refractivity contribution in [3.63, 3.8) is 0 Å². The van der Waals surface area contributed by atoms with Crippen LogP contribution < -0.4 is 4.90 Å². The molecule has 1 heterocycles. The third-order valence-corrected chi connectivity index (χ3v) is 4.07. The summed E-state index contributed by atoms with van der Waals surface area (Å²) in [5.74, 6) is 0. The normalized spacial score (nSPS) is 21.4. The Hall–Kier alpha value is -0.540. The molecule has 1 atom stereocenters. The maximum absolute atomic E-state index is 9.48. The molecule has 94 valence electrons. The van der Waals surface area contributed by atoms with Gasteiger partial charge in [0.2, 0.25) is 0 Å². The summed E-state index contributed by atoms with van der Waals surface area (Å²) in [6, 6.07) is 6.78. The minimum absolute atomic E-state index is 0.109. The number of benzene rings is 1. The van der Waals surface area contributed by atoms with Gasteiger partial charge in [0.05, 0.1) is 6.61 Å². The van der Waals surface area contributed by atoms with Gasteiger partial charge in [0.15, 0.2) is 0 Å². The standard InChI is InChI=1S/C14H20BrNO/c1-11-5-3-2-4-8-16(11)14-7-6-13(15)9-12(14)10-17/h6-7,9,11,17H,2-5,8,10H2,1H3. The molecule has 0 aromatic heterocycles. The van der Waals surface area contributed by atoms with Crippen molar-refractivity contribution in [2.75, 3.05) is 11.4 Å². The molecule has 0 bridgehead atoms. The largest absolute Gasteiger partial charge is 0.392 e. The van der Waals surface area contributed by atoms with E-state index in [1.54, 1.807) is 0 Å². The SMILES string of the molecule is CC1CCCCCN1c1ccc(Br)cc1CO. The lowest BCUT2D eigenvalue weighted by molar-refractivity contribution is 0.281. The zero-order valence-corrected chi connectivity index (χ0v) is 11.9. The minimum atomic E-state index is 0.109. The van der Waals surface area contributed by atoms with Crippen LogP contribution in [-0.2, 0) is 6.61 Å². The summed E-state index contributed by atoms with van der Waals surface area (Å²) >= 11 is 3.46. The molecule has 0 radical (unpaired) electrons. The highest BCUT2D eigenvalue weighted by molar-refractivity contribution is 9.10. The molecule has 2 rings (SSSR count). The Bertz CT molecular complexity index is 380. The fraction of sp³-hybridized carbons (Fsp3) is 0.571. The topological polar surface area (TPSA) is 23.5 Å². The van der Waals surface area contributed by atoms with Gasteiger partial charge >= 0.3 is 0 Å². The van der Waals surface area contributed by atoms with E-state index in [2.05, 4.69) is 39.9 Å². The maximum atomic E-state index is 9.48. The van der Waals surface area contributed by atoms with Crippen molar-refractivity contribution in [2.45, 2.75) is 45.3 Å². The Labute approximate surface area is 112 Å². The van der Waals surface area contributed by atoms with Gasteiger partial charge in [-0.25, -0.2) is 0 Å². The summed E-state index contributed by atoms with van der Waals surface area (Å²) in [5.41, 5.74) is 2.22. The Morgan fingerprint density at radius 3 is 2.94 bits per heavy atom. The minimum Gasteiger partial charge on any atom is -0.392 e. The van der Waals surface area contributed by atoms with Crippen LogP contribution in [0.3, 0.4) is 0 Å². The highest BCUT2D eigenvalue weighted by atomic mass is 79.9. The monoisotopic (exact) mass is 297 g/mol. The van der Waals surface area contributed by atoms with Gasteiger partial charge in [-0.1, -0.05) is 28.8 Å². The second kappa shape index (κ2) is 5.87. The molecule has 1 fully saturated rings. The lowest BCUT2D eigenvalue weighted by atomic mass is 10.1. The number of anilines is 1. The lowest BCUT2D eigenvalue weighted by Crippen LogP contribution is -2.33. The number of aliphatic hydroxyl groups is 1. The third-order valence-electron chi connectivity index (χ3n) is 3.57. The molecule has 3 heteroatoms. The van der Waals surface area contributed by atoms with E-state index in [9.17, 15) is 5.11 Å². The van der Waals surface area contributed by atoms with Crippen LogP contribution >= 0.6 is 15.9 Å². The van der Waals surface area contributed by atoms with E-state index in [0.717, 1.165) is 16.6 Å². The van der Waals surface area contributed by atoms with Crippen LogP contribution in [0.2, 0.25) is 0 Å². The van der Waals surface area contributed by atoms with Gasteiger partial charge in [0, 0.05) is 28.3 Å². The van der Waals surface area contributed by atoms with Gasteiger partial charge in [0.25, 0.3) is 0 Å². The fourth-order valence-corrected chi connectivity index (χ4v) is 3.00. The third kappa shape index (κ3) is 3.02. The van der Waals surface area contributed by atoms with E-state index in [1.807, 2.05) is 6.07 Å². The first-order chi connectivity index (χ1) is 8.22. The summed E-state index contributed by atoms with van der Waals surface area (Å²) in [6.45, 7) is 3.50. The molecular formula is C14H20BrNO.